The summed E-state index contributed by atoms with van der Waals surface area (Å²) in [6, 6.07) is 11.6. The number of hydrogen-bond donors (Lipinski definition) is 0. The molecule has 8 nitrogen and oxygen atoms in total. The molecule has 1 saturated heterocycles. The standard InChI is InChI=1S/C29H37N3O5/c1-6-37-29(34)21-8-7-13-31(17-21)18-28(33)32-26(23-12-11-22(35-4)15-27(23)36-5)16-25(30-32)24-14-19(2)9-10-20(24)3/h9-12,14-15,21,26H,6-8,13,16-18H2,1-5H3/t21-,26-/m0/s1. The first-order valence-electron chi connectivity index (χ1n) is 12.9. The van der Waals surface area contributed by atoms with E-state index in [9.17, 15) is 9.59 Å². The van der Waals surface area contributed by atoms with Gasteiger partial charge in [0.15, 0.2) is 0 Å². The van der Waals surface area contributed by atoms with Crippen LogP contribution in [0.3, 0.4) is 0 Å². The number of aryl methyl sites for hydroxylation is 2. The van der Waals surface area contributed by atoms with Gasteiger partial charge in [-0.1, -0.05) is 17.7 Å². The average Bonchev–Trinajstić information content (AvgIpc) is 3.35. The molecule has 0 unspecified atom stereocenters. The molecule has 0 aliphatic carbocycles. The summed E-state index contributed by atoms with van der Waals surface area (Å²) in [5.74, 6) is 0.849. The number of carbonyl (C=O) groups excluding carboxylic acids is 2. The average molecular weight is 508 g/mol. The lowest BCUT2D eigenvalue weighted by Gasteiger charge is -2.32. The van der Waals surface area contributed by atoms with Crippen molar-refractivity contribution in [1.82, 2.24) is 9.91 Å². The zero-order chi connectivity index (χ0) is 26.5. The number of rotatable bonds is 8. The van der Waals surface area contributed by atoms with Crippen LogP contribution >= 0.6 is 0 Å². The molecule has 198 valence electrons. The highest BCUT2D eigenvalue weighted by Gasteiger charge is 2.37. The molecule has 0 bridgehead atoms. The topological polar surface area (TPSA) is 80.7 Å². The number of methoxy groups -OCH3 is 2. The summed E-state index contributed by atoms with van der Waals surface area (Å²) in [5, 5.41) is 6.49. The normalized spacial score (nSPS) is 19.9. The van der Waals surface area contributed by atoms with E-state index in [1.54, 1.807) is 19.2 Å². The van der Waals surface area contributed by atoms with Crippen molar-refractivity contribution in [3.63, 3.8) is 0 Å². The van der Waals surface area contributed by atoms with Gasteiger partial charge in [0.2, 0.25) is 0 Å². The van der Waals surface area contributed by atoms with Gasteiger partial charge >= 0.3 is 5.97 Å². The highest BCUT2D eigenvalue weighted by molar-refractivity contribution is 6.04. The first kappa shape index (κ1) is 26.7. The fourth-order valence-electron chi connectivity index (χ4n) is 5.20. The Morgan fingerprint density at radius 3 is 2.62 bits per heavy atom. The Labute approximate surface area is 219 Å². The third-order valence-electron chi connectivity index (χ3n) is 7.15. The molecule has 2 aromatic carbocycles. The van der Waals surface area contributed by atoms with E-state index in [0.29, 0.717) is 31.1 Å². The molecule has 2 aliphatic heterocycles. The summed E-state index contributed by atoms with van der Waals surface area (Å²) in [6.45, 7) is 7.77. The van der Waals surface area contributed by atoms with Crippen molar-refractivity contribution in [2.24, 2.45) is 11.0 Å². The van der Waals surface area contributed by atoms with Gasteiger partial charge in [-0.3, -0.25) is 14.5 Å². The minimum Gasteiger partial charge on any atom is -0.497 e. The van der Waals surface area contributed by atoms with Crippen molar-refractivity contribution < 1.29 is 23.8 Å². The highest BCUT2D eigenvalue weighted by atomic mass is 16.5. The van der Waals surface area contributed by atoms with Gasteiger partial charge < -0.3 is 14.2 Å². The molecule has 2 aromatic rings. The minimum absolute atomic E-state index is 0.104. The van der Waals surface area contributed by atoms with Crippen molar-refractivity contribution in [1.29, 1.82) is 0 Å². The van der Waals surface area contributed by atoms with Gasteiger partial charge in [0.05, 0.1) is 45.0 Å². The van der Waals surface area contributed by atoms with Gasteiger partial charge in [-0.05, 0) is 63.9 Å². The zero-order valence-electron chi connectivity index (χ0n) is 22.5. The summed E-state index contributed by atoms with van der Waals surface area (Å²) in [6.07, 6.45) is 2.21. The monoisotopic (exact) mass is 507 g/mol. The van der Waals surface area contributed by atoms with E-state index in [1.807, 2.05) is 30.0 Å². The maximum absolute atomic E-state index is 13.7. The molecule has 37 heavy (non-hydrogen) atoms. The molecular weight excluding hydrogens is 470 g/mol. The summed E-state index contributed by atoms with van der Waals surface area (Å²) in [5.41, 5.74) is 5.06. The largest absolute Gasteiger partial charge is 0.497 e. The lowest BCUT2D eigenvalue weighted by atomic mass is 9.94. The minimum atomic E-state index is -0.311. The van der Waals surface area contributed by atoms with E-state index >= 15 is 0 Å². The van der Waals surface area contributed by atoms with Gasteiger partial charge in [-0.15, -0.1) is 0 Å². The molecule has 8 heteroatoms. The summed E-state index contributed by atoms with van der Waals surface area (Å²) >= 11 is 0. The zero-order valence-corrected chi connectivity index (χ0v) is 22.5. The Morgan fingerprint density at radius 2 is 1.89 bits per heavy atom. The first-order valence-corrected chi connectivity index (χ1v) is 12.9. The number of ether oxygens (including phenoxy) is 3. The Morgan fingerprint density at radius 1 is 1.08 bits per heavy atom. The quantitative estimate of drug-likeness (QED) is 0.497. The second-order valence-electron chi connectivity index (χ2n) is 9.76. The number of carbonyl (C=O) groups is 2. The molecule has 0 aromatic heterocycles. The molecule has 0 radical (unpaired) electrons. The van der Waals surface area contributed by atoms with E-state index in [0.717, 1.165) is 47.4 Å². The Kier molecular flexibility index (Phi) is 8.48. The third kappa shape index (κ3) is 5.96. The predicted molar refractivity (Wildman–Crippen MR) is 142 cm³/mol. The molecular formula is C29H37N3O5. The van der Waals surface area contributed by atoms with Crippen molar-refractivity contribution in [2.75, 3.05) is 40.5 Å². The number of hydrogen-bond acceptors (Lipinski definition) is 7. The van der Waals surface area contributed by atoms with Crippen LogP contribution in [0.5, 0.6) is 11.5 Å². The van der Waals surface area contributed by atoms with E-state index in [4.69, 9.17) is 19.3 Å². The lowest BCUT2D eigenvalue weighted by molar-refractivity contribution is -0.150. The van der Waals surface area contributed by atoms with Crippen LogP contribution in [0.15, 0.2) is 41.5 Å². The summed E-state index contributed by atoms with van der Waals surface area (Å²) in [4.78, 5) is 28.1. The second-order valence-corrected chi connectivity index (χ2v) is 9.76. The van der Waals surface area contributed by atoms with Gasteiger partial charge in [-0.2, -0.15) is 5.10 Å². The van der Waals surface area contributed by atoms with E-state index in [-0.39, 0.29) is 30.4 Å². The lowest BCUT2D eigenvalue weighted by Crippen LogP contribution is -2.44. The van der Waals surface area contributed by atoms with Crippen molar-refractivity contribution >= 4 is 17.6 Å². The molecule has 2 heterocycles. The van der Waals surface area contributed by atoms with Gasteiger partial charge in [0.1, 0.15) is 11.5 Å². The molecule has 0 N–H and O–H groups in total. The van der Waals surface area contributed by atoms with Crippen LogP contribution in [0.2, 0.25) is 0 Å². The fourth-order valence-corrected chi connectivity index (χ4v) is 5.20. The summed E-state index contributed by atoms with van der Waals surface area (Å²) < 4.78 is 16.3. The molecule has 0 saturated carbocycles. The number of esters is 1. The second kappa shape index (κ2) is 11.8. The SMILES string of the molecule is CCOC(=O)[C@H]1CCCN(CC(=O)N2N=C(c3cc(C)ccc3C)C[C@H]2c2ccc(OC)cc2OC)C1. The van der Waals surface area contributed by atoms with Gasteiger partial charge in [0.25, 0.3) is 5.91 Å². The van der Waals surface area contributed by atoms with Crippen molar-refractivity contribution in [3.05, 3.63) is 58.7 Å². The van der Waals surface area contributed by atoms with E-state index in [2.05, 4.69) is 32.0 Å². The van der Waals surface area contributed by atoms with Gasteiger partial charge in [0, 0.05) is 30.2 Å². The maximum atomic E-state index is 13.7. The number of nitrogens with zero attached hydrogens (tertiary/aromatic N) is 3. The number of hydrazone groups is 1. The summed E-state index contributed by atoms with van der Waals surface area (Å²) in [7, 11) is 3.23. The number of likely N-dealkylation sites (tertiary alicyclic amines) is 1. The van der Waals surface area contributed by atoms with Crippen LogP contribution in [0.4, 0.5) is 0 Å². The van der Waals surface area contributed by atoms with Crippen LogP contribution in [0.1, 0.15) is 54.5 Å². The van der Waals surface area contributed by atoms with Gasteiger partial charge in [-0.25, -0.2) is 5.01 Å². The van der Waals surface area contributed by atoms with Crippen molar-refractivity contribution in [2.45, 2.75) is 46.1 Å². The molecule has 0 spiro atoms. The molecule has 1 amide bonds. The highest BCUT2D eigenvalue weighted by Crippen LogP contribution is 2.39. The Hall–Kier alpha value is -3.39. The third-order valence-corrected chi connectivity index (χ3v) is 7.15. The Balaban J connectivity index is 1.63. The van der Waals surface area contributed by atoms with Crippen LogP contribution < -0.4 is 9.47 Å². The molecule has 2 atom stereocenters. The van der Waals surface area contributed by atoms with Crippen LogP contribution in [-0.2, 0) is 14.3 Å². The molecule has 4 rings (SSSR count). The fraction of sp³-hybridized carbons (Fsp3) is 0.483. The first-order chi connectivity index (χ1) is 17.8. The van der Waals surface area contributed by atoms with Crippen LogP contribution in [0, 0.1) is 19.8 Å². The smallest absolute Gasteiger partial charge is 0.310 e. The van der Waals surface area contributed by atoms with E-state index in [1.165, 1.54) is 0 Å². The molecule has 2 aliphatic rings. The van der Waals surface area contributed by atoms with Crippen molar-refractivity contribution in [3.8, 4) is 11.5 Å². The molecule has 1 fully saturated rings. The number of piperidine rings is 1. The number of benzene rings is 2. The van der Waals surface area contributed by atoms with Crippen LogP contribution in [0.25, 0.3) is 0 Å². The predicted octanol–water partition coefficient (Wildman–Crippen LogP) is 4.27. The number of amides is 1. The van der Waals surface area contributed by atoms with E-state index < -0.39 is 0 Å². The van der Waals surface area contributed by atoms with Crippen LogP contribution in [-0.4, -0.2) is 68.0 Å². The Bertz CT molecular complexity index is 1180. The maximum Gasteiger partial charge on any atom is 0.310 e.